The van der Waals surface area contributed by atoms with Crippen molar-refractivity contribution in [1.82, 2.24) is 9.78 Å². The van der Waals surface area contributed by atoms with Crippen molar-refractivity contribution in [2.75, 3.05) is 4.90 Å². The molecule has 0 bridgehead atoms. The quantitative estimate of drug-likeness (QED) is 0.336. The summed E-state index contributed by atoms with van der Waals surface area (Å²) in [6.45, 7) is 4.58. The van der Waals surface area contributed by atoms with E-state index in [1.165, 1.54) is 41.3 Å². The number of carbonyl (C=O) groups is 2. The third-order valence-electron chi connectivity index (χ3n) is 5.96. The van der Waals surface area contributed by atoms with Crippen molar-refractivity contribution in [3.8, 4) is 0 Å². The molecule has 0 saturated heterocycles. The maximum absolute atomic E-state index is 13.7. The number of hydrogen-bond acceptors (Lipinski definition) is 3. The fourth-order valence-electron chi connectivity index (χ4n) is 3.96. The molecule has 0 aliphatic carbocycles. The minimum atomic E-state index is -5.06. The van der Waals surface area contributed by atoms with Gasteiger partial charge in [0.25, 0.3) is 5.91 Å². The first-order valence-corrected chi connectivity index (χ1v) is 11.7. The minimum Gasteiger partial charge on any atom is -0.366 e. The number of primary amides is 1. The van der Waals surface area contributed by atoms with Crippen molar-refractivity contribution in [3.05, 3.63) is 81.1 Å². The van der Waals surface area contributed by atoms with Crippen molar-refractivity contribution >= 4 is 29.1 Å². The summed E-state index contributed by atoms with van der Waals surface area (Å²) in [6, 6.07) is 8.15. The number of aryl methyl sites for hydroxylation is 1. The van der Waals surface area contributed by atoms with Crippen LogP contribution in [0.25, 0.3) is 0 Å². The van der Waals surface area contributed by atoms with E-state index in [2.05, 4.69) is 5.10 Å². The maximum Gasteiger partial charge on any atom is 0.435 e. The van der Waals surface area contributed by atoms with Gasteiger partial charge in [0.1, 0.15) is 5.69 Å². The summed E-state index contributed by atoms with van der Waals surface area (Å²) in [7, 11) is 0. The number of nitrogens with zero attached hydrogens (tertiary/aromatic N) is 3. The molecule has 2 N–H and O–H groups in total. The molecule has 0 fully saturated rings. The van der Waals surface area contributed by atoms with E-state index in [9.17, 15) is 35.9 Å². The van der Waals surface area contributed by atoms with Gasteiger partial charge in [-0.25, -0.2) is 0 Å². The van der Waals surface area contributed by atoms with Gasteiger partial charge in [0.2, 0.25) is 5.91 Å². The Morgan fingerprint density at radius 2 is 1.74 bits per heavy atom. The zero-order valence-corrected chi connectivity index (χ0v) is 21.2. The Labute approximate surface area is 219 Å². The highest BCUT2D eigenvalue weighted by Crippen LogP contribution is 2.36. The predicted molar refractivity (Wildman–Crippen MR) is 129 cm³/mol. The molecule has 0 aliphatic heterocycles. The predicted octanol–water partition coefficient (Wildman–Crippen LogP) is 6.48. The van der Waals surface area contributed by atoms with Crippen LogP contribution in [0, 0.1) is 6.92 Å². The van der Waals surface area contributed by atoms with Gasteiger partial charge >= 0.3 is 12.4 Å². The second-order valence-electron chi connectivity index (χ2n) is 8.65. The van der Waals surface area contributed by atoms with Gasteiger partial charge in [-0.2, -0.15) is 31.4 Å². The van der Waals surface area contributed by atoms with E-state index in [0.29, 0.717) is 17.7 Å². The van der Waals surface area contributed by atoms with Gasteiger partial charge in [-0.15, -0.1) is 0 Å². The molecular weight excluding hydrogens is 538 g/mol. The number of halogens is 7. The summed E-state index contributed by atoms with van der Waals surface area (Å²) >= 11 is 6.25. The number of benzene rings is 2. The van der Waals surface area contributed by atoms with Gasteiger partial charge in [0.15, 0.2) is 5.69 Å². The van der Waals surface area contributed by atoms with Gasteiger partial charge in [-0.1, -0.05) is 36.7 Å². The number of aromatic nitrogens is 2. The van der Waals surface area contributed by atoms with Crippen LogP contribution in [0.4, 0.5) is 32.0 Å². The summed E-state index contributed by atoms with van der Waals surface area (Å²) in [5.41, 5.74) is 3.10. The van der Waals surface area contributed by atoms with Crippen LogP contribution in [0.1, 0.15) is 63.5 Å². The third kappa shape index (κ3) is 5.95. The highest BCUT2D eigenvalue weighted by Gasteiger charge is 2.42. The highest BCUT2D eigenvalue weighted by molar-refractivity contribution is 6.35. The van der Waals surface area contributed by atoms with E-state index in [1.54, 1.807) is 13.8 Å². The summed E-state index contributed by atoms with van der Waals surface area (Å²) in [6.07, 6.45) is -9.62. The Balaban J connectivity index is 2.05. The van der Waals surface area contributed by atoms with Crippen LogP contribution in [0.2, 0.25) is 5.02 Å². The SMILES string of the molecule is CCC(C)N(C(=O)c1c(Cl)cccc1C(N)=O)c1ccc(Cn2nc(C(F)(F)F)cc2C(F)(F)F)cc1C. The zero-order chi connectivity index (χ0) is 28.6. The fraction of sp³-hybridized carbons (Fsp3) is 0.320. The normalized spacial score (nSPS) is 12.9. The molecule has 204 valence electrons. The molecule has 0 radical (unpaired) electrons. The lowest BCUT2D eigenvalue weighted by Gasteiger charge is -2.31. The van der Waals surface area contributed by atoms with Crippen LogP contribution in [0.5, 0.6) is 0 Å². The van der Waals surface area contributed by atoms with Crippen LogP contribution < -0.4 is 10.6 Å². The summed E-state index contributed by atoms with van der Waals surface area (Å²) in [4.78, 5) is 27.0. The lowest BCUT2D eigenvalue weighted by atomic mass is 10.0. The van der Waals surface area contributed by atoms with Crippen LogP contribution in [0.15, 0.2) is 42.5 Å². The number of carbonyl (C=O) groups excluding carboxylic acids is 2. The Hall–Kier alpha value is -3.54. The summed E-state index contributed by atoms with van der Waals surface area (Å²) in [5, 5.41) is 3.13. The lowest BCUT2D eigenvalue weighted by molar-refractivity contribution is -0.144. The Morgan fingerprint density at radius 1 is 1.08 bits per heavy atom. The first-order valence-electron chi connectivity index (χ1n) is 11.3. The van der Waals surface area contributed by atoms with Gasteiger partial charge in [0, 0.05) is 17.8 Å². The molecule has 13 heteroatoms. The largest absolute Gasteiger partial charge is 0.435 e. The van der Waals surface area contributed by atoms with Crippen molar-refractivity contribution < 1.29 is 35.9 Å². The van der Waals surface area contributed by atoms with E-state index < -0.39 is 48.1 Å². The molecule has 1 atom stereocenters. The zero-order valence-electron chi connectivity index (χ0n) is 20.4. The van der Waals surface area contributed by atoms with Gasteiger partial charge in [0.05, 0.1) is 22.7 Å². The number of nitrogens with two attached hydrogens (primary N) is 1. The second kappa shape index (κ2) is 10.7. The van der Waals surface area contributed by atoms with Crippen LogP contribution in [0.3, 0.4) is 0 Å². The Morgan fingerprint density at radius 3 is 2.26 bits per heavy atom. The molecule has 1 heterocycles. The molecule has 0 spiro atoms. The smallest absolute Gasteiger partial charge is 0.366 e. The van der Waals surface area contributed by atoms with E-state index in [-0.39, 0.29) is 32.5 Å². The number of alkyl halides is 6. The van der Waals surface area contributed by atoms with Gasteiger partial charge in [-0.05, 0) is 49.6 Å². The van der Waals surface area contributed by atoms with E-state index in [4.69, 9.17) is 17.3 Å². The molecule has 0 saturated carbocycles. The lowest BCUT2D eigenvalue weighted by Crippen LogP contribution is -2.40. The molecular formula is C25H23ClF6N4O2. The number of hydrogen-bond donors (Lipinski definition) is 1. The van der Waals surface area contributed by atoms with Crippen molar-refractivity contribution in [2.24, 2.45) is 5.73 Å². The molecule has 2 aromatic carbocycles. The second-order valence-corrected chi connectivity index (χ2v) is 9.06. The molecule has 6 nitrogen and oxygen atoms in total. The average Bonchev–Trinajstić information content (AvgIpc) is 3.25. The van der Waals surface area contributed by atoms with Crippen LogP contribution >= 0.6 is 11.6 Å². The van der Waals surface area contributed by atoms with Crippen LogP contribution in [-0.2, 0) is 18.9 Å². The number of amides is 2. The molecule has 38 heavy (non-hydrogen) atoms. The topological polar surface area (TPSA) is 81.2 Å². The van der Waals surface area contributed by atoms with E-state index in [0.717, 1.165) is 0 Å². The molecule has 1 unspecified atom stereocenters. The van der Waals surface area contributed by atoms with Gasteiger partial charge < -0.3 is 10.6 Å². The van der Waals surface area contributed by atoms with Crippen molar-refractivity contribution in [2.45, 2.75) is 52.1 Å². The molecule has 3 aromatic rings. The molecule has 2 amide bonds. The molecule has 3 rings (SSSR count). The average molecular weight is 561 g/mol. The van der Waals surface area contributed by atoms with Crippen molar-refractivity contribution in [1.29, 1.82) is 0 Å². The van der Waals surface area contributed by atoms with Gasteiger partial charge in [-0.3, -0.25) is 14.3 Å². The number of rotatable bonds is 7. The van der Waals surface area contributed by atoms with Crippen LogP contribution in [-0.4, -0.2) is 27.6 Å². The Kier molecular flexibility index (Phi) is 8.16. The summed E-state index contributed by atoms with van der Waals surface area (Å²) in [5.74, 6) is -1.47. The minimum absolute atomic E-state index is 0.00714. The summed E-state index contributed by atoms with van der Waals surface area (Å²) < 4.78 is 79.5. The third-order valence-corrected chi connectivity index (χ3v) is 6.27. The van der Waals surface area contributed by atoms with Crippen molar-refractivity contribution in [3.63, 3.8) is 0 Å². The van der Waals surface area contributed by atoms with E-state index >= 15 is 0 Å². The molecule has 0 aliphatic rings. The molecule has 1 aromatic heterocycles. The standard InChI is InChI=1S/C25H23ClF6N4O2/c1-4-14(3)36(23(38)21-16(22(33)37)6-5-7-17(21)26)18-9-8-15(10-13(18)2)12-35-20(25(30,31)32)11-19(34-35)24(27,28)29/h5-11,14H,4,12H2,1-3H3,(H2,33,37). The number of anilines is 1. The Bertz CT molecular complexity index is 1370. The van der Waals surface area contributed by atoms with E-state index in [1.807, 2.05) is 6.92 Å². The first-order chi connectivity index (χ1) is 17.6. The maximum atomic E-state index is 13.7. The monoisotopic (exact) mass is 560 g/mol. The highest BCUT2D eigenvalue weighted by atomic mass is 35.5. The first kappa shape index (κ1) is 29.0. The fourth-order valence-corrected chi connectivity index (χ4v) is 4.22.